The highest BCUT2D eigenvalue weighted by atomic mass is 35.5. The zero-order chi connectivity index (χ0) is 12.3. The van der Waals surface area contributed by atoms with Crippen molar-refractivity contribution in [2.45, 2.75) is 18.9 Å². The van der Waals surface area contributed by atoms with Gasteiger partial charge in [0.05, 0.1) is 23.2 Å². The zero-order valence-corrected chi connectivity index (χ0v) is 9.81. The maximum absolute atomic E-state index is 10.6. The van der Waals surface area contributed by atoms with Crippen LogP contribution in [0.2, 0.25) is 5.15 Å². The predicted octanol–water partition coefficient (Wildman–Crippen LogP) is 2.23. The molecule has 1 saturated heterocycles. The van der Waals surface area contributed by atoms with E-state index in [2.05, 4.69) is 10.3 Å². The smallest absolute Gasteiger partial charge is 0.276 e. The molecule has 1 fully saturated rings. The van der Waals surface area contributed by atoms with E-state index in [1.807, 2.05) is 0 Å². The van der Waals surface area contributed by atoms with Crippen LogP contribution in [-0.4, -0.2) is 29.2 Å². The van der Waals surface area contributed by atoms with Crippen molar-refractivity contribution in [2.24, 2.45) is 0 Å². The number of aromatic nitrogens is 1. The van der Waals surface area contributed by atoms with Crippen LogP contribution in [-0.2, 0) is 4.74 Å². The van der Waals surface area contributed by atoms with Crippen molar-refractivity contribution in [3.63, 3.8) is 0 Å². The van der Waals surface area contributed by atoms with E-state index < -0.39 is 4.92 Å². The molecule has 1 aliphatic heterocycles. The Morgan fingerprint density at radius 1 is 1.65 bits per heavy atom. The van der Waals surface area contributed by atoms with Crippen LogP contribution in [0.5, 0.6) is 0 Å². The molecular formula is C10H12ClN3O3. The molecule has 0 amide bonds. The molecule has 0 aromatic carbocycles. The molecule has 0 radical (unpaired) electrons. The van der Waals surface area contributed by atoms with Crippen LogP contribution >= 0.6 is 11.6 Å². The third-order valence-electron chi connectivity index (χ3n) is 2.52. The number of hydrogen-bond acceptors (Lipinski definition) is 5. The Labute approximate surface area is 103 Å². The van der Waals surface area contributed by atoms with Gasteiger partial charge in [0.15, 0.2) is 0 Å². The third kappa shape index (κ3) is 3.28. The minimum Gasteiger partial charge on any atom is -0.376 e. The van der Waals surface area contributed by atoms with Crippen molar-refractivity contribution >= 4 is 23.1 Å². The first kappa shape index (κ1) is 12.1. The van der Waals surface area contributed by atoms with E-state index in [9.17, 15) is 10.1 Å². The van der Waals surface area contributed by atoms with E-state index in [1.54, 1.807) is 0 Å². The molecular weight excluding hydrogens is 246 g/mol. The van der Waals surface area contributed by atoms with E-state index in [-0.39, 0.29) is 16.9 Å². The maximum atomic E-state index is 10.6. The van der Waals surface area contributed by atoms with Crippen molar-refractivity contribution in [1.29, 1.82) is 0 Å². The highest BCUT2D eigenvalue weighted by Crippen LogP contribution is 2.21. The lowest BCUT2D eigenvalue weighted by atomic mass is 10.2. The third-order valence-corrected chi connectivity index (χ3v) is 2.72. The number of hydrogen-bond donors (Lipinski definition) is 1. The Bertz CT molecular complexity index is 421. The Morgan fingerprint density at radius 2 is 2.47 bits per heavy atom. The molecule has 1 aliphatic rings. The van der Waals surface area contributed by atoms with Gasteiger partial charge < -0.3 is 10.1 Å². The van der Waals surface area contributed by atoms with Gasteiger partial charge in [-0.15, -0.1) is 0 Å². The van der Waals surface area contributed by atoms with Gasteiger partial charge in [-0.05, 0) is 12.8 Å². The molecule has 1 unspecified atom stereocenters. The van der Waals surface area contributed by atoms with Gasteiger partial charge in [-0.2, -0.15) is 0 Å². The predicted molar refractivity (Wildman–Crippen MR) is 63.4 cm³/mol. The standard InChI is InChI=1S/C10H12ClN3O3/c11-9-4-7(14(15)16)5-10(13-9)12-6-8-2-1-3-17-8/h4-5,8H,1-3,6H2,(H,12,13). The first-order chi connectivity index (χ1) is 8.15. The summed E-state index contributed by atoms with van der Waals surface area (Å²) in [5.41, 5.74) is -0.0696. The topological polar surface area (TPSA) is 77.3 Å². The fourth-order valence-corrected chi connectivity index (χ4v) is 1.91. The summed E-state index contributed by atoms with van der Waals surface area (Å²) < 4.78 is 5.43. The summed E-state index contributed by atoms with van der Waals surface area (Å²) in [7, 11) is 0. The van der Waals surface area contributed by atoms with E-state index in [4.69, 9.17) is 16.3 Å². The number of anilines is 1. The maximum Gasteiger partial charge on any atom is 0.276 e. The molecule has 1 N–H and O–H groups in total. The van der Waals surface area contributed by atoms with E-state index in [0.717, 1.165) is 19.4 Å². The fourth-order valence-electron chi connectivity index (χ4n) is 1.70. The van der Waals surface area contributed by atoms with Crippen molar-refractivity contribution in [3.05, 3.63) is 27.4 Å². The lowest BCUT2D eigenvalue weighted by Gasteiger charge is -2.11. The number of rotatable bonds is 4. The first-order valence-electron chi connectivity index (χ1n) is 5.32. The normalized spacial score (nSPS) is 19.2. The van der Waals surface area contributed by atoms with Gasteiger partial charge in [0.2, 0.25) is 0 Å². The molecule has 2 heterocycles. The Kier molecular flexibility index (Phi) is 3.75. The van der Waals surface area contributed by atoms with Crippen LogP contribution < -0.4 is 5.32 Å². The molecule has 92 valence electrons. The minimum atomic E-state index is -0.495. The molecule has 0 saturated carbocycles. The monoisotopic (exact) mass is 257 g/mol. The second-order valence-corrected chi connectivity index (χ2v) is 4.19. The number of halogens is 1. The van der Waals surface area contributed by atoms with E-state index in [1.165, 1.54) is 12.1 Å². The van der Waals surface area contributed by atoms with Crippen molar-refractivity contribution in [1.82, 2.24) is 4.98 Å². The second kappa shape index (κ2) is 5.29. The fraction of sp³-hybridized carbons (Fsp3) is 0.500. The number of ether oxygens (including phenoxy) is 1. The molecule has 1 aromatic rings. The molecule has 0 spiro atoms. The van der Waals surface area contributed by atoms with E-state index >= 15 is 0 Å². The molecule has 7 heteroatoms. The number of pyridine rings is 1. The number of nitro groups is 1. The van der Waals surface area contributed by atoms with Crippen LogP contribution in [0.25, 0.3) is 0 Å². The number of nitrogens with zero attached hydrogens (tertiary/aromatic N) is 2. The van der Waals surface area contributed by atoms with Crippen molar-refractivity contribution in [2.75, 3.05) is 18.5 Å². The summed E-state index contributed by atoms with van der Waals surface area (Å²) in [6.45, 7) is 1.36. The highest BCUT2D eigenvalue weighted by Gasteiger charge is 2.16. The molecule has 0 bridgehead atoms. The average Bonchev–Trinajstić information content (AvgIpc) is 2.78. The summed E-state index contributed by atoms with van der Waals surface area (Å²) in [4.78, 5) is 14.1. The summed E-state index contributed by atoms with van der Waals surface area (Å²) in [5, 5.41) is 13.7. The Balaban J connectivity index is 2.01. The van der Waals surface area contributed by atoms with Crippen molar-refractivity contribution < 1.29 is 9.66 Å². The van der Waals surface area contributed by atoms with Gasteiger partial charge >= 0.3 is 0 Å². The number of nitrogens with one attached hydrogen (secondary N) is 1. The van der Waals surface area contributed by atoms with Gasteiger partial charge in [0.1, 0.15) is 11.0 Å². The van der Waals surface area contributed by atoms with Gasteiger partial charge in [0, 0.05) is 13.2 Å². The SMILES string of the molecule is O=[N+]([O-])c1cc(Cl)nc(NCC2CCCO2)c1. The van der Waals surface area contributed by atoms with Crippen LogP contribution in [0, 0.1) is 10.1 Å². The summed E-state index contributed by atoms with van der Waals surface area (Å²) in [5.74, 6) is 0.403. The largest absolute Gasteiger partial charge is 0.376 e. The molecule has 2 rings (SSSR count). The minimum absolute atomic E-state index is 0.0696. The zero-order valence-electron chi connectivity index (χ0n) is 9.06. The quantitative estimate of drug-likeness (QED) is 0.508. The Morgan fingerprint density at radius 3 is 3.12 bits per heavy atom. The lowest BCUT2D eigenvalue weighted by molar-refractivity contribution is -0.384. The molecule has 6 nitrogen and oxygen atoms in total. The summed E-state index contributed by atoms with van der Waals surface area (Å²) >= 11 is 5.70. The van der Waals surface area contributed by atoms with Gasteiger partial charge in [-0.1, -0.05) is 11.6 Å². The molecule has 17 heavy (non-hydrogen) atoms. The highest BCUT2D eigenvalue weighted by molar-refractivity contribution is 6.29. The average molecular weight is 258 g/mol. The summed E-state index contributed by atoms with van der Waals surface area (Å²) in [6.07, 6.45) is 2.19. The van der Waals surface area contributed by atoms with E-state index in [0.29, 0.717) is 12.4 Å². The van der Waals surface area contributed by atoms with Gasteiger partial charge in [0.25, 0.3) is 5.69 Å². The Hall–Kier alpha value is -1.40. The van der Waals surface area contributed by atoms with Gasteiger partial charge in [-0.3, -0.25) is 10.1 Å². The molecule has 1 aromatic heterocycles. The van der Waals surface area contributed by atoms with Crippen LogP contribution in [0.3, 0.4) is 0 Å². The molecule has 0 aliphatic carbocycles. The summed E-state index contributed by atoms with van der Waals surface area (Å²) in [6, 6.07) is 2.58. The molecule has 1 atom stereocenters. The van der Waals surface area contributed by atoms with Gasteiger partial charge in [-0.25, -0.2) is 4.98 Å². The van der Waals surface area contributed by atoms with Crippen LogP contribution in [0.15, 0.2) is 12.1 Å². The second-order valence-electron chi connectivity index (χ2n) is 3.81. The van der Waals surface area contributed by atoms with Crippen molar-refractivity contribution in [3.8, 4) is 0 Å². The van der Waals surface area contributed by atoms with Crippen LogP contribution in [0.4, 0.5) is 11.5 Å². The van der Waals surface area contributed by atoms with Crippen LogP contribution in [0.1, 0.15) is 12.8 Å². The lowest BCUT2D eigenvalue weighted by Crippen LogP contribution is -2.19. The first-order valence-corrected chi connectivity index (χ1v) is 5.70.